The first-order valence-corrected chi connectivity index (χ1v) is 4.54. The lowest BCUT2D eigenvalue weighted by Crippen LogP contribution is -2.29. The maximum Gasteiger partial charge on any atom is 0.312 e. The molecule has 0 atom stereocenters. The maximum atomic E-state index is 11.3. The maximum absolute atomic E-state index is 11.3. The van der Waals surface area contributed by atoms with Gasteiger partial charge in [-0.05, 0) is 12.1 Å². The van der Waals surface area contributed by atoms with Crippen molar-refractivity contribution in [2.24, 2.45) is 0 Å². The molecule has 86 valence electrons. The van der Waals surface area contributed by atoms with Crippen molar-refractivity contribution in [1.29, 1.82) is 0 Å². The van der Waals surface area contributed by atoms with E-state index < -0.39 is 28.2 Å². The number of phenols is 1. The summed E-state index contributed by atoms with van der Waals surface area (Å²) in [5, 5.41) is 19.8. The largest absolute Gasteiger partial charge is 0.502 e. The molecule has 0 bridgehead atoms. The van der Waals surface area contributed by atoms with Gasteiger partial charge in [-0.25, -0.2) is 4.90 Å². The van der Waals surface area contributed by atoms with Crippen LogP contribution in [0.1, 0.15) is 0 Å². The van der Waals surface area contributed by atoms with E-state index in [0.29, 0.717) is 0 Å². The highest BCUT2D eigenvalue weighted by molar-refractivity contribution is 6.28. The molecular weight excluding hydrogens is 228 g/mol. The molecule has 2 amide bonds. The lowest BCUT2D eigenvalue weighted by molar-refractivity contribution is -0.385. The van der Waals surface area contributed by atoms with Gasteiger partial charge in [-0.3, -0.25) is 19.7 Å². The van der Waals surface area contributed by atoms with Crippen molar-refractivity contribution >= 4 is 23.2 Å². The Morgan fingerprint density at radius 1 is 1.18 bits per heavy atom. The average molecular weight is 234 g/mol. The molecule has 7 heteroatoms. The van der Waals surface area contributed by atoms with E-state index in [0.717, 1.165) is 29.2 Å². The van der Waals surface area contributed by atoms with Gasteiger partial charge in [0.2, 0.25) is 0 Å². The third kappa shape index (κ3) is 1.73. The summed E-state index contributed by atoms with van der Waals surface area (Å²) >= 11 is 0. The van der Waals surface area contributed by atoms with Gasteiger partial charge in [0, 0.05) is 18.2 Å². The standard InChI is InChI=1S/C10H6N2O5/c13-8-2-1-6(5-7(8)12(16)17)11-9(14)3-4-10(11)15/h1-5,13H. The highest BCUT2D eigenvalue weighted by Gasteiger charge is 2.27. The number of hydrogen-bond donors (Lipinski definition) is 1. The first kappa shape index (κ1) is 10.8. The number of nitrogens with zero attached hydrogens (tertiary/aromatic N) is 2. The number of benzene rings is 1. The summed E-state index contributed by atoms with van der Waals surface area (Å²) in [6, 6.07) is 3.29. The molecule has 0 saturated heterocycles. The van der Waals surface area contributed by atoms with E-state index in [1.54, 1.807) is 0 Å². The Kier molecular flexibility index (Phi) is 2.36. The Hall–Kier alpha value is -2.70. The molecule has 1 aromatic rings. The number of rotatable bonds is 2. The molecule has 7 nitrogen and oxygen atoms in total. The Balaban J connectivity index is 2.47. The van der Waals surface area contributed by atoms with Crippen LogP contribution in [0.2, 0.25) is 0 Å². The minimum absolute atomic E-state index is 0.0505. The predicted octanol–water partition coefficient (Wildman–Crippen LogP) is 0.730. The molecule has 0 aromatic heterocycles. The van der Waals surface area contributed by atoms with Gasteiger partial charge in [0.1, 0.15) is 0 Å². The summed E-state index contributed by atoms with van der Waals surface area (Å²) in [5.74, 6) is -1.67. The molecule has 1 N–H and O–H groups in total. The lowest BCUT2D eigenvalue weighted by Gasteiger charge is -2.13. The zero-order valence-corrected chi connectivity index (χ0v) is 8.36. The lowest BCUT2D eigenvalue weighted by atomic mass is 10.2. The average Bonchev–Trinajstić information content (AvgIpc) is 2.59. The molecule has 17 heavy (non-hydrogen) atoms. The van der Waals surface area contributed by atoms with E-state index in [9.17, 15) is 24.8 Å². The van der Waals surface area contributed by atoms with Gasteiger partial charge in [0.15, 0.2) is 5.75 Å². The van der Waals surface area contributed by atoms with Gasteiger partial charge in [-0.1, -0.05) is 0 Å². The summed E-state index contributed by atoms with van der Waals surface area (Å²) in [6.07, 6.45) is 2.14. The monoisotopic (exact) mass is 234 g/mol. The molecule has 0 saturated carbocycles. The van der Waals surface area contributed by atoms with Crippen LogP contribution < -0.4 is 4.90 Å². The Bertz CT molecular complexity index is 546. The van der Waals surface area contributed by atoms with Crippen molar-refractivity contribution in [2.75, 3.05) is 4.90 Å². The fraction of sp³-hybridized carbons (Fsp3) is 0. The quantitative estimate of drug-likeness (QED) is 0.461. The van der Waals surface area contributed by atoms with Crippen LogP contribution in [0.3, 0.4) is 0 Å². The minimum Gasteiger partial charge on any atom is -0.502 e. The summed E-state index contributed by atoms with van der Waals surface area (Å²) in [5.41, 5.74) is -0.510. The number of carbonyl (C=O) groups is 2. The fourth-order valence-electron chi connectivity index (χ4n) is 1.45. The van der Waals surface area contributed by atoms with E-state index in [1.807, 2.05) is 0 Å². The second-order valence-corrected chi connectivity index (χ2v) is 3.28. The number of carbonyl (C=O) groups excluding carboxylic acids is 2. The van der Waals surface area contributed by atoms with Crippen molar-refractivity contribution in [3.05, 3.63) is 40.5 Å². The number of nitro groups is 1. The highest BCUT2D eigenvalue weighted by Crippen LogP contribution is 2.31. The first-order chi connectivity index (χ1) is 8.00. The summed E-state index contributed by atoms with van der Waals surface area (Å²) < 4.78 is 0. The summed E-state index contributed by atoms with van der Waals surface area (Å²) in [4.78, 5) is 33.3. The van der Waals surface area contributed by atoms with Gasteiger partial charge in [-0.15, -0.1) is 0 Å². The number of imide groups is 1. The smallest absolute Gasteiger partial charge is 0.312 e. The van der Waals surface area contributed by atoms with Crippen LogP contribution in [0.4, 0.5) is 11.4 Å². The Morgan fingerprint density at radius 2 is 1.76 bits per heavy atom. The van der Waals surface area contributed by atoms with E-state index in [-0.39, 0.29) is 5.69 Å². The third-order valence-electron chi connectivity index (χ3n) is 2.22. The molecule has 1 aromatic carbocycles. The van der Waals surface area contributed by atoms with Crippen molar-refractivity contribution in [2.45, 2.75) is 0 Å². The van der Waals surface area contributed by atoms with Gasteiger partial charge >= 0.3 is 5.69 Å². The number of nitro benzene ring substituents is 1. The summed E-state index contributed by atoms with van der Waals surface area (Å²) in [6.45, 7) is 0. The van der Waals surface area contributed by atoms with Crippen LogP contribution in [0.5, 0.6) is 5.75 Å². The number of anilines is 1. The van der Waals surface area contributed by atoms with E-state index in [2.05, 4.69) is 0 Å². The summed E-state index contributed by atoms with van der Waals surface area (Å²) in [7, 11) is 0. The van der Waals surface area contributed by atoms with Gasteiger partial charge in [0.25, 0.3) is 11.8 Å². The first-order valence-electron chi connectivity index (χ1n) is 4.54. The molecule has 0 radical (unpaired) electrons. The van der Waals surface area contributed by atoms with Crippen molar-refractivity contribution < 1.29 is 19.6 Å². The molecule has 1 heterocycles. The second kappa shape index (κ2) is 3.71. The molecular formula is C10H6N2O5. The topological polar surface area (TPSA) is 101 Å². The molecule has 0 aliphatic carbocycles. The van der Waals surface area contributed by atoms with E-state index >= 15 is 0 Å². The van der Waals surface area contributed by atoms with Crippen molar-refractivity contribution in [3.8, 4) is 5.75 Å². The number of phenolic OH excluding ortho intramolecular Hbond substituents is 1. The van der Waals surface area contributed by atoms with Crippen molar-refractivity contribution in [3.63, 3.8) is 0 Å². The van der Waals surface area contributed by atoms with Crippen LogP contribution in [-0.2, 0) is 9.59 Å². The normalized spacial score (nSPS) is 14.5. The molecule has 0 spiro atoms. The van der Waals surface area contributed by atoms with Crippen LogP contribution in [0, 0.1) is 10.1 Å². The Labute approximate surface area is 94.7 Å². The number of hydrogen-bond acceptors (Lipinski definition) is 5. The molecule has 1 aliphatic heterocycles. The van der Waals surface area contributed by atoms with Gasteiger partial charge < -0.3 is 5.11 Å². The Morgan fingerprint density at radius 3 is 2.29 bits per heavy atom. The SMILES string of the molecule is O=C1C=CC(=O)N1c1ccc(O)c([N+](=O)[O-])c1. The van der Waals surface area contributed by atoms with Crippen LogP contribution in [0.25, 0.3) is 0 Å². The van der Waals surface area contributed by atoms with Gasteiger partial charge in [0.05, 0.1) is 10.6 Å². The van der Waals surface area contributed by atoms with Crippen molar-refractivity contribution in [1.82, 2.24) is 0 Å². The zero-order chi connectivity index (χ0) is 12.6. The van der Waals surface area contributed by atoms with E-state index in [4.69, 9.17) is 0 Å². The minimum atomic E-state index is -0.794. The zero-order valence-electron chi connectivity index (χ0n) is 8.36. The van der Waals surface area contributed by atoms with Crippen LogP contribution in [0.15, 0.2) is 30.4 Å². The number of amides is 2. The van der Waals surface area contributed by atoms with Crippen LogP contribution >= 0.6 is 0 Å². The second-order valence-electron chi connectivity index (χ2n) is 3.28. The molecule has 1 aliphatic rings. The fourth-order valence-corrected chi connectivity index (χ4v) is 1.45. The molecule has 0 unspecified atom stereocenters. The number of aromatic hydroxyl groups is 1. The van der Waals surface area contributed by atoms with Crippen LogP contribution in [-0.4, -0.2) is 21.8 Å². The third-order valence-corrected chi connectivity index (χ3v) is 2.22. The molecule has 2 rings (SSSR count). The molecule has 0 fully saturated rings. The predicted molar refractivity (Wildman–Crippen MR) is 56.4 cm³/mol. The van der Waals surface area contributed by atoms with Gasteiger partial charge in [-0.2, -0.15) is 0 Å². The van der Waals surface area contributed by atoms with E-state index in [1.165, 1.54) is 6.07 Å². The highest BCUT2D eigenvalue weighted by atomic mass is 16.6.